The molecule has 3 rings (SSSR count). The highest BCUT2D eigenvalue weighted by Crippen LogP contribution is 2.33. The first-order chi connectivity index (χ1) is 12.7. The van der Waals surface area contributed by atoms with Crippen molar-refractivity contribution in [2.45, 2.75) is 38.8 Å². The van der Waals surface area contributed by atoms with E-state index in [1.54, 1.807) is 41.1 Å². The first-order valence-electron chi connectivity index (χ1n) is 8.51. The minimum Gasteiger partial charge on any atom is -0.459 e. The lowest BCUT2D eigenvalue weighted by atomic mass is 9.98. The Balaban J connectivity index is 1.86. The van der Waals surface area contributed by atoms with Crippen molar-refractivity contribution in [3.8, 4) is 0 Å². The Morgan fingerprint density at radius 1 is 1.30 bits per heavy atom. The highest BCUT2D eigenvalue weighted by Gasteiger charge is 2.37. The van der Waals surface area contributed by atoms with E-state index in [0.717, 1.165) is 10.6 Å². The maximum absolute atomic E-state index is 12.8. The molecule has 0 N–H and O–H groups in total. The van der Waals surface area contributed by atoms with Crippen molar-refractivity contribution in [1.82, 2.24) is 15.1 Å². The number of thiocarbonyl (C=S) groups is 1. The number of benzene rings is 1. The van der Waals surface area contributed by atoms with Gasteiger partial charge in [0.05, 0.1) is 0 Å². The molecule has 144 valence electrons. The van der Waals surface area contributed by atoms with E-state index in [-0.39, 0.29) is 11.4 Å². The molecule has 27 heavy (non-hydrogen) atoms. The maximum Gasteiger partial charge on any atom is 0.329 e. The first-order valence-corrected chi connectivity index (χ1v) is 10.1. The Hall–Kier alpha value is -1.77. The minimum absolute atomic E-state index is 0.143. The predicted octanol–water partition coefficient (Wildman–Crippen LogP) is 4.47. The molecule has 9 heteroatoms. The normalized spacial score (nSPS) is 18.0. The van der Waals surface area contributed by atoms with Crippen LogP contribution in [0, 0.1) is 0 Å². The van der Waals surface area contributed by atoms with Crippen molar-refractivity contribution in [2.24, 2.45) is 0 Å². The van der Waals surface area contributed by atoms with Crippen molar-refractivity contribution in [1.29, 1.82) is 0 Å². The van der Waals surface area contributed by atoms with Gasteiger partial charge in [0, 0.05) is 36.0 Å². The number of hydrogen-bond acceptors (Lipinski definition) is 6. The van der Waals surface area contributed by atoms with E-state index in [2.05, 4.69) is 31.0 Å². The number of nitrogens with zero attached hydrogens (tertiary/aromatic N) is 4. The van der Waals surface area contributed by atoms with Crippen molar-refractivity contribution >= 4 is 51.4 Å². The van der Waals surface area contributed by atoms with Gasteiger partial charge >= 0.3 is 6.03 Å². The zero-order chi connectivity index (χ0) is 19.8. The lowest BCUT2D eigenvalue weighted by Gasteiger charge is -2.37. The van der Waals surface area contributed by atoms with Gasteiger partial charge in [-0.25, -0.2) is 9.69 Å². The monoisotopic (exact) mass is 424 g/mol. The van der Waals surface area contributed by atoms with Gasteiger partial charge < -0.3 is 9.64 Å². The summed E-state index contributed by atoms with van der Waals surface area (Å²) in [5, 5.41) is 10.8. The van der Waals surface area contributed by atoms with Gasteiger partial charge in [-0.1, -0.05) is 43.7 Å². The molecule has 1 aliphatic rings. The molecule has 6 nitrogen and oxygen atoms in total. The summed E-state index contributed by atoms with van der Waals surface area (Å²) in [5.74, 6) is 0. The van der Waals surface area contributed by atoms with Crippen molar-refractivity contribution in [3.63, 3.8) is 0 Å². The Morgan fingerprint density at radius 2 is 1.96 bits per heavy atom. The second-order valence-electron chi connectivity index (χ2n) is 7.37. The molecule has 1 fully saturated rings. The second kappa shape index (κ2) is 7.69. The van der Waals surface area contributed by atoms with E-state index in [0.29, 0.717) is 28.2 Å². The second-order valence-corrected chi connectivity index (χ2v) is 9.13. The predicted molar refractivity (Wildman–Crippen MR) is 112 cm³/mol. The van der Waals surface area contributed by atoms with Crippen LogP contribution in [0.3, 0.4) is 0 Å². The van der Waals surface area contributed by atoms with Crippen LogP contribution >= 0.6 is 35.2 Å². The van der Waals surface area contributed by atoms with Crippen LogP contribution in [0.2, 0.25) is 5.02 Å². The topological polar surface area (TPSA) is 58.6 Å². The summed E-state index contributed by atoms with van der Waals surface area (Å²) in [5.41, 5.74) is 0.601. The molecular weight excluding hydrogens is 404 g/mol. The Labute approximate surface area is 173 Å². The van der Waals surface area contributed by atoms with Gasteiger partial charge in [0.15, 0.2) is 11.3 Å². The SMILES string of the molecule is CN1CCC(OC(=S)c2ccc(Cl)cc2)N(c2nnc(C(C)(C)C)s2)C1=O. The van der Waals surface area contributed by atoms with E-state index in [9.17, 15) is 4.79 Å². The van der Waals surface area contributed by atoms with Gasteiger partial charge in [-0.3, -0.25) is 0 Å². The molecule has 2 heterocycles. The van der Waals surface area contributed by atoms with Gasteiger partial charge in [-0.2, -0.15) is 0 Å². The molecule has 0 saturated carbocycles. The number of urea groups is 1. The molecule has 0 aliphatic carbocycles. The van der Waals surface area contributed by atoms with Crippen molar-refractivity contribution in [2.75, 3.05) is 18.5 Å². The zero-order valence-corrected chi connectivity index (χ0v) is 18.0. The third-order valence-electron chi connectivity index (χ3n) is 4.12. The first kappa shape index (κ1) is 20.0. The number of rotatable bonds is 3. The lowest BCUT2D eigenvalue weighted by molar-refractivity contribution is 0.128. The van der Waals surface area contributed by atoms with Gasteiger partial charge in [0.2, 0.25) is 5.13 Å². The zero-order valence-electron chi connectivity index (χ0n) is 15.6. The summed E-state index contributed by atoms with van der Waals surface area (Å²) in [6, 6.07) is 6.93. The largest absolute Gasteiger partial charge is 0.459 e. The molecule has 2 aromatic rings. The molecule has 1 unspecified atom stereocenters. The highest BCUT2D eigenvalue weighted by atomic mass is 35.5. The molecule has 0 radical (unpaired) electrons. The summed E-state index contributed by atoms with van der Waals surface area (Å²) in [6.07, 6.45) is 0.0816. The molecule has 0 spiro atoms. The van der Waals surface area contributed by atoms with E-state index in [1.165, 1.54) is 11.3 Å². The van der Waals surface area contributed by atoms with Crippen LogP contribution in [0.15, 0.2) is 24.3 Å². The molecule has 1 saturated heterocycles. The fourth-order valence-corrected chi connectivity index (χ4v) is 3.86. The van der Waals surface area contributed by atoms with Crippen LogP contribution in [0.25, 0.3) is 0 Å². The molecule has 0 bridgehead atoms. The fraction of sp³-hybridized carbons (Fsp3) is 0.444. The Morgan fingerprint density at radius 3 is 2.56 bits per heavy atom. The number of carbonyl (C=O) groups excluding carboxylic acids is 1. The van der Waals surface area contributed by atoms with Crippen LogP contribution in [0.4, 0.5) is 9.93 Å². The van der Waals surface area contributed by atoms with Gasteiger partial charge in [0.25, 0.3) is 0 Å². The van der Waals surface area contributed by atoms with E-state index < -0.39 is 6.23 Å². The summed E-state index contributed by atoms with van der Waals surface area (Å²) >= 11 is 12.8. The highest BCUT2D eigenvalue weighted by molar-refractivity contribution is 7.80. The number of aromatic nitrogens is 2. The number of halogens is 1. The smallest absolute Gasteiger partial charge is 0.329 e. The average Bonchev–Trinajstić information content (AvgIpc) is 3.09. The van der Waals surface area contributed by atoms with E-state index >= 15 is 0 Å². The quantitative estimate of drug-likeness (QED) is 0.680. The van der Waals surface area contributed by atoms with Gasteiger partial charge in [0.1, 0.15) is 5.01 Å². The van der Waals surface area contributed by atoms with Crippen molar-refractivity contribution in [3.05, 3.63) is 39.9 Å². The number of hydrogen-bond donors (Lipinski definition) is 0. The lowest BCUT2D eigenvalue weighted by Crippen LogP contribution is -2.54. The van der Waals surface area contributed by atoms with Crippen LogP contribution in [-0.2, 0) is 10.2 Å². The fourth-order valence-electron chi connectivity index (χ4n) is 2.55. The molecule has 1 aromatic heterocycles. The molecule has 2 amide bonds. The summed E-state index contributed by atoms with van der Waals surface area (Å²) < 4.78 is 6.00. The molecule has 1 atom stereocenters. The van der Waals surface area contributed by atoms with Crippen LogP contribution in [0.1, 0.15) is 37.8 Å². The van der Waals surface area contributed by atoms with Gasteiger partial charge in [-0.15, -0.1) is 10.2 Å². The van der Waals surface area contributed by atoms with Crippen LogP contribution in [-0.4, -0.2) is 46.0 Å². The standard InChI is InChI=1S/C18H21ClN4O2S2/c1-18(2,3)15-20-21-16(27-15)23-13(9-10-22(4)17(23)24)25-14(26)11-5-7-12(19)8-6-11/h5-8,13H,9-10H2,1-4H3. The van der Waals surface area contributed by atoms with E-state index in [1.807, 2.05) is 0 Å². The van der Waals surface area contributed by atoms with Gasteiger partial charge in [-0.05, 0) is 36.5 Å². The molecule has 1 aliphatic heterocycles. The summed E-state index contributed by atoms with van der Waals surface area (Å²) in [7, 11) is 1.76. The number of ether oxygens (including phenoxy) is 1. The third kappa shape index (κ3) is 4.39. The van der Waals surface area contributed by atoms with Crippen LogP contribution < -0.4 is 4.90 Å². The third-order valence-corrected chi connectivity index (χ3v) is 6.05. The number of amides is 2. The van der Waals surface area contributed by atoms with E-state index in [4.69, 9.17) is 28.6 Å². The maximum atomic E-state index is 12.8. The summed E-state index contributed by atoms with van der Waals surface area (Å²) in [6.45, 7) is 6.76. The average molecular weight is 425 g/mol. The number of anilines is 1. The Bertz CT molecular complexity index is 848. The number of carbonyl (C=O) groups is 1. The Kier molecular flexibility index (Phi) is 5.69. The van der Waals surface area contributed by atoms with Crippen molar-refractivity contribution < 1.29 is 9.53 Å². The summed E-state index contributed by atoms with van der Waals surface area (Å²) in [4.78, 5) is 16.0. The molecule has 1 aromatic carbocycles. The molecular formula is C18H21ClN4O2S2. The minimum atomic E-state index is -0.530. The van der Waals surface area contributed by atoms with Crippen LogP contribution in [0.5, 0.6) is 0 Å².